The van der Waals surface area contributed by atoms with Gasteiger partial charge in [0.05, 0.1) is 17.1 Å². The molecule has 2 aliphatic rings. The van der Waals surface area contributed by atoms with Gasteiger partial charge in [0.2, 0.25) is 0 Å². The van der Waals surface area contributed by atoms with E-state index < -0.39 is 0 Å². The maximum atomic E-state index is 13.8. The highest BCUT2D eigenvalue weighted by atomic mass is 32.2. The van der Waals surface area contributed by atoms with E-state index in [2.05, 4.69) is 78.7 Å². The van der Waals surface area contributed by atoms with Gasteiger partial charge < -0.3 is 15.1 Å². The van der Waals surface area contributed by atoms with Gasteiger partial charge in [0.25, 0.3) is 11.8 Å². The van der Waals surface area contributed by atoms with Crippen molar-refractivity contribution in [3.63, 3.8) is 0 Å². The van der Waals surface area contributed by atoms with Gasteiger partial charge in [-0.05, 0) is 118 Å². The first kappa shape index (κ1) is 31.8. The Kier molecular flexibility index (Phi) is 10.4. The van der Waals surface area contributed by atoms with E-state index in [1.807, 2.05) is 53.4 Å². The predicted molar refractivity (Wildman–Crippen MR) is 190 cm³/mol. The smallest absolute Gasteiger partial charge is 0.265 e. The van der Waals surface area contributed by atoms with E-state index in [-0.39, 0.29) is 11.8 Å². The number of para-hydroxylation sites is 1. The van der Waals surface area contributed by atoms with E-state index in [1.54, 1.807) is 0 Å². The Labute approximate surface area is 277 Å². The Morgan fingerprint density at radius 3 is 2.43 bits per heavy atom. The fourth-order valence-electron chi connectivity index (χ4n) is 6.41. The molecule has 1 fully saturated rings. The van der Waals surface area contributed by atoms with Crippen molar-refractivity contribution in [2.24, 2.45) is 5.92 Å². The molecule has 2 amide bonds. The van der Waals surface area contributed by atoms with Crippen LogP contribution in [-0.2, 0) is 17.8 Å². The number of piperidine rings is 1. The highest BCUT2D eigenvalue weighted by Crippen LogP contribution is 2.42. The van der Waals surface area contributed by atoms with Gasteiger partial charge in [-0.3, -0.25) is 9.59 Å². The third-order valence-corrected chi connectivity index (χ3v) is 10.2. The largest absolute Gasteiger partial charge is 0.352 e. The SMILES string of the molecule is Cc1ccc(C)c(CN2C(=O)/C(=C/c3ccc(C(=O)NCCCN4CCC(Cc5ccccc5)CC4)cc3)Sc3ccccc32)c1. The second kappa shape index (κ2) is 15.0. The monoisotopic (exact) mass is 629 g/mol. The number of thioether (sulfide) groups is 1. The van der Waals surface area contributed by atoms with Crippen molar-refractivity contribution in [2.45, 2.75) is 51.0 Å². The maximum absolute atomic E-state index is 13.8. The third kappa shape index (κ3) is 7.98. The van der Waals surface area contributed by atoms with Crippen LogP contribution in [0.4, 0.5) is 5.69 Å². The second-order valence-corrected chi connectivity index (χ2v) is 13.7. The summed E-state index contributed by atoms with van der Waals surface area (Å²) in [6.07, 6.45) is 6.54. The number of nitrogens with one attached hydrogen (secondary N) is 1. The van der Waals surface area contributed by atoms with Crippen LogP contribution in [0.25, 0.3) is 6.08 Å². The average Bonchev–Trinajstić information content (AvgIpc) is 3.08. The zero-order chi connectivity index (χ0) is 31.9. The summed E-state index contributed by atoms with van der Waals surface area (Å²) in [6.45, 7) is 8.64. The fourth-order valence-corrected chi connectivity index (χ4v) is 7.47. The molecule has 0 aromatic heterocycles. The molecule has 0 atom stereocenters. The van der Waals surface area contributed by atoms with Crippen LogP contribution < -0.4 is 10.2 Å². The topological polar surface area (TPSA) is 52.7 Å². The molecule has 1 saturated heterocycles. The van der Waals surface area contributed by atoms with Gasteiger partial charge in [-0.15, -0.1) is 0 Å². The number of fused-ring (bicyclic) bond motifs is 1. The molecule has 0 saturated carbocycles. The molecule has 4 aromatic rings. The van der Waals surface area contributed by atoms with Gasteiger partial charge in [0, 0.05) is 17.0 Å². The highest BCUT2D eigenvalue weighted by molar-refractivity contribution is 8.04. The number of hydrogen-bond acceptors (Lipinski definition) is 4. The van der Waals surface area contributed by atoms with Crippen LogP contribution in [0.3, 0.4) is 0 Å². The number of carbonyl (C=O) groups is 2. The van der Waals surface area contributed by atoms with Gasteiger partial charge >= 0.3 is 0 Å². The first-order valence-electron chi connectivity index (χ1n) is 16.4. The van der Waals surface area contributed by atoms with Gasteiger partial charge in [-0.2, -0.15) is 0 Å². The minimum Gasteiger partial charge on any atom is -0.352 e. The number of amides is 2. The van der Waals surface area contributed by atoms with Crippen molar-refractivity contribution in [1.82, 2.24) is 10.2 Å². The number of hydrogen-bond donors (Lipinski definition) is 1. The minimum atomic E-state index is -0.0579. The van der Waals surface area contributed by atoms with E-state index in [0.717, 1.165) is 53.7 Å². The fraction of sp³-hybridized carbons (Fsp3) is 0.300. The van der Waals surface area contributed by atoms with Crippen LogP contribution >= 0.6 is 11.8 Å². The molecule has 0 radical (unpaired) electrons. The summed E-state index contributed by atoms with van der Waals surface area (Å²) in [5.74, 6) is 0.703. The van der Waals surface area contributed by atoms with Crippen LogP contribution in [0.2, 0.25) is 0 Å². The van der Waals surface area contributed by atoms with Crippen molar-refractivity contribution in [3.8, 4) is 0 Å². The summed E-state index contributed by atoms with van der Waals surface area (Å²) in [5, 5.41) is 3.09. The van der Waals surface area contributed by atoms with E-state index in [9.17, 15) is 9.59 Å². The average molecular weight is 630 g/mol. The van der Waals surface area contributed by atoms with Crippen molar-refractivity contribution in [3.05, 3.63) is 135 Å². The molecule has 0 spiro atoms. The van der Waals surface area contributed by atoms with Crippen molar-refractivity contribution in [2.75, 3.05) is 31.1 Å². The molecular formula is C40H43N3O2S. The van der Waals surface area contributed by atoms with E-state index in [4.69, 9.17) is 0 Å². The van der Waals surface area contributed by atoms with E-state index in [1.165, 1.54) is 47.7 Å². The van der Waals surface area contributed by atoms with Gasteiger partial charge in [0.1, 0.15) is 0 Å². The van der Waals surface area contributed by atoms with E-state index >= 15 is 0 Å². The number of likely N-dealkylation sites (tertiary alicyclic amines) is 1. The molecule has 46 heavy (non-hydrogen) atoms. The highest BCUT2D eigenvalue weighted by Gasteiger charge is 2.29. The quantitative estimate of drug-likeness (QED) is 0.142. The predicted octanol–water partition coefficient (Wildman–Crippen LogP) is 8.06. The summed E-state index contributed by atoms with van der Waals surface area (Å²) < 4.78 is 0. The summed E-state index contributed by atoms with van der Waals surface area (Å²) in [5.41, 5.74) is 7.41. The lowest BCUT2D eigenvalue weighted by Crippen LogP contribution is -2.36. The number of benzene rings is 4. The van der Waals surface area contributed by atoms with Crippen molar-refractivity contribution >= 4 is 35.3 Å². The molecule has 5 nitrogen and oxygen atoms in total. The standard InChI is InChI=1S/C40H43N3O2S/c1-29-13-14-30(2)35(25-29)28-43-36-11-6-7-12-37(36)46-38(40(43)45)27-32-15-17-34(18-16-32)39(44)41-21-8-22-42-23-19-33(20-24-42)26-31-9-4-3-5-10-31/h3-7,9-18,25,27,33H,8,19-24,26,28H2,1-2H3,(H,41,44)/b38-27-. The molecule has 2 heterocycles. The van der Waals surface area contributed by atoms with Crippen LogP contribution in [-0.4, -0.2) is 42.9 Å². The number of aryl methyl sites for hydroxylation is 2. The molecule has 0 unspecified atom stereocenters. The normalized spacial score (nSPS) is 16.4. The van der Waals surface area contributed by atoms with Gasteiger partial charge in [-0.1, -0.05) is 90.1 Å². The summed E-state index contributed by atoms with van der Waals surface area (Å²) in [7, 11) is 0. The lowest BCUT2D eigenvalue weighted by molar-refractivity contribution is -0.114. The van der Waals surface area contributed by atoms with Crippen LogP contribution in [0.15, 0.2) is 107 Å². The van der Waals surface area contributed by atoms with E-state index in [0.29, 0.717) is 23.6 Å². The molecule has 0 aliphatic carbocycles. The van der Waals surface area contributed by atoms with Gasteiger partial charge in [0.15, 0.2) is 0 Å². The second-order valence-electron chi connectivity index (χ2n) is 12.6. The lowest BCUT2D eigenvalue weighted by atomic mass is 9.90. The Morgan fingerprint density at radius 2 is 1.65 bits per heavy atom. The van der Waals surface area contributed by atoms with Crippen LogP contribution in [0.1, 0.15) is 57.4 Å². The molecule has 0 bridgehead atoms. The number of anilines is 1. The molecule has 2 aliphatic heterocycles. The number of carbonyl (C=O) groups excluding carboxylic acids is 2. The molecule has 1 N–H and O–H groups in total. The van der Waals surface area contributed by atoms with Crippen molar-refractivity contribution in [1.29, 1.82) is 0 Å². The third-order valence-electron chi connectivity index (χ3n) is 9.15. The first-order chi connectivity index (χ1) is 22.4. The van der Waals surface area contributed by atoms with Crippen molar-refractivity contribution < 1.29 is 9.59 Å². The molecular weight excluding hydrogens is 587 g/mol. The number of nitrogens with zero attached hydrogens (tertiary/aromatic N) is 2. The summed E-state index contributed by atoms with van der Waals surface area (Å²) in [4.78, 5) is 32.8. The zero-order valence-electron chi connectivity index (χ0n) is 26.9. The molecule has 4 aromatic carbocycles. The number of rotatable bonds is 10. The molecule has 236 valence electrons. The Balaban J connectivity index is 1.01. The van der Waals surface area contributed by atoms with Crippen LogP contribution in [0, 0.1) is 19.8 Å². The molecule has 6 heteroatoms. The lowest BCUT2D eigenvalue weighted by Gasteiger charge is -2.32. The minimum absolute atomic E-state index is 0.00755. The van der Waals surface area contributed by atoms with Gasteiger partial charge in [-0.25, -0.2) is 0 Å². The first-order valence-corrected chi connectivity index (χ1v) is 17.3. The Hall–Kier alpha value is -4.13. The summed E-state index contributed by atoms with van der Waals surface area (Å²) >= 11 is 1.50. The molecule has 6 rings (SSSR count). The van der Waals surface area contributed by atoms with Crippen LogP contribution in [0.5, 0.6) is 0 Å². The summed E-state index contributed by atoms with van der Waals surface area (Å²) in [6, 6.07) is 32.8. The maximum Gasteiger partial charge on any atom is 0.265 e. The Bertz CT molecular complexity index is 1690. The Morgan fingerprint density at radius 1 is 0.913 bits per heavy atom. The zero-order valence-corrected chi connectivity index (χ0v) is 27.7.